The Morgan fingerprint density at radius 1 is 1.21 bits per heavy atom. The molecule has 1 aromatic carbocycles. The number of hydrogen-bond donors (Lipinski definition) is 1. The molecule has 0 aliphatic heterocycles. The van der Waals surface area contributed by atoms with Crippen molar-refractivity contribution in [1.82, 2.24) is 9.97 Å². The molecule has 0 saturated carbocycles. The first-order chi connectivity index (χ1) is 9.02. The molecule has 2 aromatic rings. The predicted octanol–water partition coefficient (Wildman–Crippen LogP) is 3.09. The van der Waals surface area contributed by atoms with E-state index < -0.39 is 0 Å². The molecule has 0 fully saturated rings. The van der Waals surface area contributed by atoms with Gasteiger partial charge in [-0.15, -0.1) is 0 Å². The van der Waals surface area contributed by atoms with Gasteiger partial charge in [0.1, 0.15) is 23.8 Å². The third-order valence-electron chi connectivity index (χ3n) is 3.00. The summed E-state index contributed by atoms with van der Waals surface area (Å²) in [6.45, 7) is 4.02. The molecule has 0 aliphatic carbocycles. The standard InChI is InChI=1S/C14H17FN4/c1-9(2)12-13(16)17-8-18-14(12)19(3)11-7-5-4-6-10(11)15/h4-9H,1-3H3,(H2,16,17,18). The number of nitrogens with zero attached hydrogens (tertiary/aromatic N) is 3. The third kappa shape index (κ3) is 2.50. The van der Waals surface area contributed by atoms with Crippen molar-refractivity contribution in [3.63, 3.8) is 0 Å². The highest BCUT2D eigenvalue weighted by atomic mass is 19.1. The predicted molar refractivity (Wildman–Crippen MR) is 75.0 cm³/mol. The second-order valence-corrected chi connectivity index (χ2v) is 4.66. The number of benzene rings is 1. The molecule has 0 bridgehead atoms. The van der Waals surface area contributed by atoms with Gasteiger partial charge in [-0.1, -0.05) is 26.0 Å². The topological polar surface area (TPSA) is 55.0 Å². The Bertz CT molecular complexity index is 583. The van der Waals surface area contributed by atoms with Gasteiger partial charge >= 0.3 is 0 Å². The second-order valence-electron chi connectivity index (χ2n) is 4.66. The number of rotatable bonds is 3. The smallest absolute Gasteiger partial charge is 0.146 e. The van der Waals surface area contributed by atoms with E-state index in [1.807, 2.05) is 13.8 Å². The van der Waals surface area contributed by atoms with E-state index in [2.05, 4.69) is 9.97 Å². The van der Waals surface area contributed by atoms with E-state index in [0.717, 1.165) is 5.56 Å². The van der Waals surface area contributed by atoms with Gasteiger partial charge in [-0.05, 0) is 18.1 Å². The molecule has 19 heavy (non-hydrogen) atoms. The fourth-order valence-electron chi connectivity index (χ4n) is 2.06. The first-order valence-corrected chi connectivity index (χ1v) is 6.11. The van der Waals surface area contributed by atoms with Crippen LogP contribution in [0.4, 0.5) is 21.7 Å². The van der Waals surface area contributed by atoms with Gasteiger partial charge in [0.2, 0.25) is 0 Å². The summed E-state index contributed by atoms with van der Waals surface area (Å²) in [5.74, 6) is 0.929. The fraction of sp³-hybridized carbons (Fsp3) is 0.286. The third-order valence-corrected chi connectivity index (χ3v) is 3.00. The highest BCUT2D eigenvalue weighted by molar-refractivity contribution is 5.67. The van der Waals surface area contributed by atoms with Gasteiger partial charge in [0.25, 0.3) is 0 Å². The average molecular weight is 260 g/mol. The van der Waals surface area contributed by atoms with Crippen molar-refractivity contribution in [3.8, 4) is 0 Å². The van der Waals surface area contributed by atoms with Crippen LogP contribution in [0.25, 0.3) is 0 Å². The fourth-order valence-corrected chi connectivity index (χ4v) is 2.06. The lowest BCUT2D eigenvalue weighted by Gasteiger charge is -2.23. The van der Waals surface area contributed by atoms with Crippen molar-refractivity contribution in [2.45, 2.75) is 19.8 Å². The lowest BCUT2D eigenvalue weighted by Crippen LogP contribution is -2.17. The Kier molecular flexibility index (Phi) is 3.64. The van der Waals surface area contributed by atoms with Crippen molar-refractivity contribution in [1.29, 1.82) is 0 Å². The molecule has 2 N–H and O–H groups in total. The molecule has 0 spiro atoms. The number of halogens is 1. The Balaban J connectivity index is 2.54. The largest absolute Gasteiger partial charge is 0.383 e. The Hall–Kier alpha value is -2.17. The molecule has 5 heteroatoms. The minimum absolute atomic E-state index is 0.158. The van der Waals surface area contributed by atoms with Crippen molar-refractivity contribution in [2.24, 2.45) is 0 Å². The van der Waals surface area contributed by atoms with Crippen molar-refractivity contribution < 1.29 is 4.39 Å². The van der Waals surface area contributed by atoms with Crippen LogP contribution in [0.1, 0.15) is 25.3 Å². The van der Waals surface area contributed by atoms with Crippen molar-refractivity contribution in [3.05, 3.63) is 42.0 Å². The minimum atomic E-state index is -0.295. The van der Waals surface area contributed by atoms with Crippen LogP contribution in [0.15, 0.2) is 30.6 Å². The number of para-hydroxylation sites is 1. The molecule has 1 aromatic heterocycles. The lowest BCUT2D eigenvalue weighted by atomic mass is 10.0. The summed E-state index contributed by atoms with van der Waals surface area (Å²) < 4.78 is 13.8. The van der Waals surface area contributed by atoms with E-state index >= 15 is 0 Å². The van der Waals surface area contributed by atoms with Gasteiger partial charge in [0.15, 0.2) is 0 Å². The van der Waals surface area contributed by atoms with E-state index in [-0.39, 0.29) is 11.7 Å². The van der Waals surface area contributed by atoms with Crippen LogP contribution in [0.3, 0.4) is 0 Å². The van der Waals surface area contributed by atoms with Gasteiger partial charge in [-0.2, -0.15) is 0 Å². The molecule has 0 atom stereocenters. The molecule has 0 amide bonds. The molecule has 0 unspecified atom stereocenters. The van der Waals surface area contributed by atoms with Crippen LogP contribution in [-0.2, 0) is 0 Å². The molecule has 0 radical (unpaired) electrons. The number of aromatic nitrogens is 2. The zero-order valence-corrected chi connectivity index (χ0v) is 11.3. The monoisotopic (exact) mass is 260 g/mol. The summed E-state index contributed by atoms with van der Waals surface area (Å²) in [4.78, 5) is 9.95. The molecule has 1 heterocycles. The van der Waals surface area contributed by atoms with Crippen LogP contribution in [-0.4, -0.2) is 17.0 Å². The number of nitrogens with two attached hydrogens (primary N) is 1. The second kappa shape index (κ2) is 5.22. The molecule has 100 valence electrons. The molecule has 0 saturated heterocycles. The molecular formula is C14H17FN4. The van der Waals surface area contributed by atoms with Gasteiger partial charge in [-0.3, -0.25) is 0 Å². The number of anilines is 3. The van der Waals surface area contributed by atoms with Crippen molar-refractivity contribution in [2.75, 3.05) is 17.7 Å². The quantitative estimate of drug-likeness (QED) is 0.921. The van der Waals surface area contributed by atoms with E-state index in [1.54, 1.807) is 30.1 Å². The molecule has 0 aliphatic rings. The van der Waals surface area contributed by atoms with Crippen LogP contribution < -0.4 is 10.6 Å². The normalized spacial score (nSPS) is 10.8. The Morgan fingerprint density at radius 2 is 1.89 bits per heavy atom. The van der Waals surface area contributed by atoms with Gasteiger partial charge in [0.05, 0.1) is 5.69 Å². The van der Waals surface area contributed by atoms with E-state index in [0.29, 0.717) is 17.3 Å². The van der Waals surface area contributed by atoms with Gasteiger partial charge < -0.3 is 10.6 Å². The average Bonchev–Trinajstić information content (AvgIpc) is 2.37. The van der Waals surface area contributed by atoms with Gasteiger partial charge in [0, 0.05) is 12.6 Å². The summed E-state index contributed by atoms with van der Waals surface area (Å²) >= 11 is 0. The van der Waals surface area contributed by atoms with E-state index in [4.69, 9.17) is 5.73 Å². The maximum atomic E-state index is 13.8. The maximum absolute atomic E-state index is 13.8. The summed E-state index contributed by atoms with van der Waals surface area (Å²) in [5.41, 5.74) is 7.19. The summed E-state index contributed by atoms with van der Waals surface area (Å²) in [6, 6.07) is 6.57. The van der Waals surface area contributed by atoms with Crippen LogP contribution in [0.2, 0.25) is 0 Å². The van der Waals surface area contributed by atoms with Crippen LogP contribution in [0.5, 0.6) is 0 Å². The highest BCUT2D eigenvalue weighted by Gasteiger charge is 2.18. The Morgan fingerprint density at radius 3 is 2.53 bits per heavy atom. The summed E-state index contributed by atoms with van der Waals surface area (Å²) in [6.07, 6.45) is 1.40. The first kappa shape index (κ1) is 13.3. The van der Waals surface area contributed by atoms with Crippen molar-refractivity contribution >= 4 is 17.3 Å². The van der Waals surface area contributed by atoms with E-state index in [9.17, 15) is 4.39 Å². The van der Waals surface area contributed by atoms with Gasteiger partial charge in [-0.25, -0.2) is 14.4 Å². The van der Waals surface area contributed by atoms with Crippen LogP contribution >= 0.6 is 0 Å². The molecular weight excluding hydrogens is 243 g/mol. The van der Waals surface area contributed by atoms with Crippen LogP contribution in [0, 0.1) is 5.82 Å². The zero-order chi connectivity index (χ0) is 14.0. The maximum Gasteiger partial charge on any atom is 0.146 e. The summed E-state index contributed by atoms with van der Waals surface area (Å²) in [5, 5.41) is 0. The lowest BCUT2D eigenvalue weighted by molar-refractivity contribution is 0.627. The highest BCUT2D eigenvalue weighted by Crippen LogP contribution is 2.33. The zero-order valence-electron chi connectivity index (χ0n) is 11.3. The van der Waals surface area contributed by atoms with E-state index in [1.165, 1.54) is 12.4 Å². The minimum Gasteiger partial charge on any atom is -0.383 e. The number of nitrogen functional groups attached to an aromatic ring is 1. The Labute approximate surface area is 112 Å². The molecule has 2 rings (SSSR count). The number of hydrogen-bond acceptors (Lipinski definition) is 4. The SMILES string of the molecule is CC(C)c1c(N)ncnc1N(C)c1ccccc1F. The first-order valence-electron chi connectivity index (χ1n) is 6.11. The summed E-state index contributed by atoms with van der Waals surface area (Å²) in [7, 11) is 1.77. The molecule has 4 nitrogen and oxygen atoms in total.